The molecule has 1 atom stereocenters. The van der Waals surface area contributed by atoms with Gasteiger partial charge in [0, 0.05) is 18.3 Å². The van der Waals surface area contributed by atoms with E-state index in [0.717, 1.165) is 19.2 Å². The van der Waals surface area contributed by atoms with Crippen molar-refractivity contribution in [2.45, 2.75) is 39.2 Å². The van der Waals surface area contributed by atoms with E-state index in [-0.39, 0.29) is 35.7 Å². The Morgan fingerprint density at radius 1 is 1.29 bits per heavy atom. The predicted molar refractivity (Wildman–Crippen MR) is 113 cm³/mol. The molecule has 35 heavy (non-hydrogen) atoms. The fourth-order valence-electron chi connectivity index (χ4n) is 3.64. The Kier molecular flexibility index (Phi) is 6.10. The van der Waals surface area contributed by atoms with Crippen molar-refractivity contribution in [3.8, 4) is 23.4 Å². The standard InChI is InChI=1S/C23H19F4N5O3/c1-12-6-19(29-8-16(12)24)32-10-15-9-31(11-17(15)30-32)22(33)20-18(35-13(2)23(25,26)27)5-4-14(7-28)21(20)34-3/h4-6,8,10,13H,9,11H2,1-3H3. The van der Waals surface area contributed by atoms with Gasteiger partial charge in [0.15, 0.2) is 17.7 Å². The molecule has 0 fully saturated rings. The molecule has 182 valence electrons. The Morgan fingerprint density at radius 2 is 2.03 bits per heavy atom. The minimum absolute atomic E-state index is 0.0252. The van der Waals surface area contributed by atoms with Gasteiger partial charge in [-0.05, 0) is 37.6 Å². The molecule has 0 aliphatic carbocycles. The van der Waals surface area contributed by atoms with Crippen LogP contribution in [0.5, 0.6) is 11.5 Å². The highest BCUT2D eigenvalue weighted by Crippen LogP contribution is 2.37. The number of amides is 1. The molecule has 1 aliphatic heterocycles. The van der Waals surface area contributed by atoms with Gasteiger partial charge >= 0.3 is 6.18 Å². The van der Waals surface area contributed by atoms with Crippen molar-refractivity contribution in [1.82, 2.24) is 19.7 Å². The lowest BCUT2D eigenvalue weighted by Gasteiger charge is -2.23. The monoisotopic (exact) mass is 489 g/mol. The lowest BCUT2D eigenvalue weighted by Crippen LogP contribution is -2.33. The van der Waals surface area contributed by atoms with Gasteiger partial charge in [-0.25, -0.2) is 14.1 Å². The Bertz CT molecular complexity index is 1320. The fourth-order valence-corrected chi connectivity index (χ4v) is 3.64. The van der Waals surface area contributed by atoms with Crippen molar-refractivity contribution < 1.29 is 31.8 Å². The molecule has 8 nitrogen and oxygen atoms in total. The van der Waals surface area contributed by atoms with Crippen LogP contribution in [0.15, 0.2) is 30.6 Å². The Hall–Kier alpha value is -4.14. The maximum absolute atomic E-state index is 13.5. The van der Waals surface area contributed by atoms with Crippen LogP contribution in [0, 0.1) is 24.1 Å². The van der Waals surface area contributed by atoms with Gasteiger partial charge in [-0.3, -0.25) is 4.79 Å². The van der Waals surface area contributed by atoms with E-state index in [4.69, 9.17) is 9.47 Å². The summed E-state index contributed by atoms with van der Waals surface area (Å²) >= 11 is 0. The van der Waals surface area contributed by atoms with Crippen LogP contribution in [0.2, 0.25) is 0 Å². The molecule has 0 saturated carbocycles. The van der Waals surface area contributed by atoms with Crippen molar-refractivity contribution in [1.29, 1.82) is 5.26 Å². The summed E-state index contributed by atoms with van der Waals surface area (Å²) in [5, 5.41) is 13.8. The van der Waals surface area contributed by atoms with E-state index < -0.39 is 24.0 Å². The number of carbonyl (C=O) groups is 1. The minimum Gasteiger partial charge on any atom is -0.494 e. The SMILES string of the molecule is COc1c(C#N)ccc(OC(C)C(F)(F)F)c1C(=O)N1Cc2cn(-c3cc(C)c(F)cn3)nc2C1. The smallest absolute Gasteiger partial charge is 0.425 e. The number of benzene rings is 1. The molecular weight excluding hydrogens is 470 g/mol. The van der Waals surface area contributed by atoms with Crippen LogP contribution >= 0.6 is 0 Å². The number of hydrogen-bond acceptors (Lipinski definition) is 6. The van der Waals surface area contributed by atoms with Crippen LogP contribution in [0.25, 0.3) is 5.82 Å². The molecule has 0 spiro atoms. The van der Waals surface area contributed by atoms with E-state index in [9.17, 15) is 27.6 Å². The van der Waals surface area contributed by atoms with E-state index in [0.29, 0.717) is 22.6 Å². The van der Waals surface area contributed by atoms with Gasteiger partial charge < -0.3 is 14.4 Å². The molecule has 1 aliphatic rings. The first-order chi connectivity index (χ1) is 16.5. The van der Waals surface area contributed by atoms with Gasteiger partial charge in [-0.15, -0.1) is 0 Å². The van der Waals surface area contributed by atoms with Gasteiger partial charge in [0.1, 0.15) is 23.2 Å². The first kappa shape index (κ1) is 24.0. The van der Waals surface area contributed by atoms with Crippen LogP contribution in [0.4, 0.5) is 17.6 Å². The summed E-state index contributed by atoms with van der Waals surface area (Å²) in [6.45, 7) is 2.57. The molecule has 4 rings (SSSR count). The molecule has 3 aromatic rings. The molecule has 0 radical (unpaired) electrons. The van der Waals surface area contributed by atoms with Crippen molar-refractivity contribution >= 4 is 5.91 Å². The highest BCUT2D eigenvalue weighted by molar-refractivity contribution is 6.00. The first-order valence-electron chi connectivity index (χ1n) is 10.4. The average Bonchev–Trinajstić information content (AvgIpc) is 3.39. The van der Waals surface area contributed by atoms with E-state index in [2.05, 4.69) is 10.1 Å². The normalized spacial score (nSPS) is 13.8. The topological polar surface area (TPSA) is 93.3 Å². The molecule has 0 saturated heterocycles. The van der Waals surface area contributed by atoms with Crippen LogP contribution in [0.1, 0.15) is 39.7 Å². The third-order valence-corrected chi connectivity index (χ3v) is 5.56. The third-order valence-electron chi connectivity index (χ3n) is 5.56. The number of hydrogen-bond donors (Lipinski definition) is 0. The second-order valence-electron chi connectivity index (χ2n) is 7.93. The number of pyridine rings is 1. The van der Waals surface area contributed by atoms with Crippen LogP contribution in [-0.4, -0.2) is 45.0 Å². The van der Waals surface area contributed by atoms with E-state index >= 15 is 0 Å². The lowest BCUT2D eigenvalue weighted by atomic mass is 10.1. The third kappa shape index (κ3) is 4.49. The zero-order chi connectivity index (χ0) is 25.5. The Balaban J connectivity index is 1.64. The van der Waals surface area contributed by atoms with Crippen molar-refractivity contribution in [2.75, 3.05) is 7.11 Å². The molecular formula is C23H19F4N5O3. The van der Waals surface area contributed by atoms with Crippen molar-refractivity contribution in [2.24, 2.45) is 0 Å². The number of ether oxygens (including phenoxy) is 2. The van der Waals surface area contributed by atoms with Crippen LogP contribution < -0.4 is 9.47 Å². The average molecular weight is 489 g/mol. The molecule has 0 N–H and O–H groups in total. The molecule has 1 unspecified atom stereocenters. The van der Waals surface area contributed by atoms with Crippen molar-refractivity contribution in [3.05, 3.63) is 64.4 Å². The molecule has 12 heteroatoms. The fraction of sp³-hybridized carbons (Fsp3) is 0.304. The summed E-state index contributed by atoms with van der Waals surface area (Å²) in [5.41, 5.74) is 1.32. The maximum atomic E-state index is 13.5. The number of rotatable bonds is 5. The lowest BCUT2D eigenvalue weighted by molar-refractivity contribution is -0.189. The van der Waals surface area contributed by atoms with Gasteiger partial charge in [-0.1, -0.05) is 0 Å². The molecule has 1 aromatic carbocycles. The summed E-state index contributed by atoms with van der Waals surface area (Å²) in [4.78, 5) is 18.8. The van der Waals surface area contributed by atoms with Crippen LogP contribution in [0.3, 0.4) is 0 Å². The Labute approximate surface area is 197 Å². The number of aryl methyl sites for hydroxylation is 1. The van der Waals surface area contributed by atoms with Gasteiger partial charge in [0.25, 0.3) is 5.91 Å². The number of halogens is 4. The number of alkyl halides is 3. The van der Waals surface area contributed by atoms with Gasteiger partial charge in [0.2, 0.25) is 0 Å². The van der Waals surface area contributed by atoms with Gasteiger partial charge in [0.05, 0.1) is 31.1 Å². The number of carbonyl (C=O) groups excluding carboxylic acids is 1. The maximum Gasteiger partial charge on any atom is 0.425 e. The summed E-state index contributed by atoms with van der Waals surface area (Å²) in [7, 11) is 1.21. The largest absolute Gasteiger partial charge is 0.494 e. The number of nitrogens with zero attached hydrogens (tertiary/aromatic N) is 5. The zero-order valence-corrected chi connectivity index (χ0v) is 18.9. The van der Waals surface area contributed by atoms with E-state index in [1.54, 1.807) is 13.1 Å². The first-order valence-corrected chi connectivity index (χ1v) is 10.4. The van der Waals surface area contributed by atoms with E-state index in [1.807, 2.05) is 6.07 Å². The second kappa shape index (κ2) is 8.90. The quantitative estimate of drug-likeness (QED) is 0.502. The molecule has 1 amide bonds. The highest BCUT2D eigenvalue weighted by Gasteiger charge is 2.40. The van der Waals surface area contributed by atoms with Crippen molar-refractivity contribution in [3.63, 3.8) is 0 Å². The van der Waals surface area contributed by atoms with Crippen LogP contribution in [-0.2, 0) is 13.1 Å². The number of fused-ring (bicyclic) bond motifs is 1. The summed E-state index contributed by atoms with van der Waals surface area (Å²) < 4.78 is 64.6. The minimum atomic E-state index is -4.66. The summed E-state index contributed by atoms with van der Waals surface area (Å²) in [6.07, 6.45) is -4.13. The molecule has 3 heterocycles. The van der Waals surface area contributed by atoms with E-state index in [1.165, 1.54) is 28.8 Å². The number of nitriles is 1. The van der Waals surface area contributed by atoms with Gasteiger partial charge in [-0.2, -0.15) is 23.5 Å². The Morgan fingerprint density at radius 3 is 2.63 bits per heavy atom. The highest BCUT2D eigenvalue weighted by atomic mass is 19.4. The summed E-state index contributed by atoms with van der Waals surface area (Å²) in [5.74, 6) is -1.25. The molecule has 0 bridgehead atoms. The number of methoxy groups -OCH3 is 1. The number of aromatic nitrogens is 3. The molecule has 2 aromatic heterocycles. The zero-order valence-electron chi connectivity index (χ0n) is 18.9. The summed E-state index contributed by atoms with van der Waals surface area (Å²) in [6, 6.07) is 5.78. The second-order valence-corrected chi connectivity index (χ2v) is 7.93. The predicted octanol–water partition coefficient (Wildman–Crippen LogP) is 4.08.